The van der Waals surface area contributed by atoms with E-state index in [1.807, 2.05) is 41.4 Å². The molecular formula is C19H26N4OS. The number of carbonyl (C=O) groups is 1. The van der Waals surface area contributed by atoms with Gasteiger partial charge in [-0.3, -0.25) is 9.69 Å². The number of carbonyl (C=O) groups excluding carboxylic acids is 1. The second-order valence-corrected chi connectivity index (χ2v) is 7.67. The van der Waals surface area contributed by atoms with Gasteiger partial charge in [-0.25, -0.2) is 4.98 Å². The fourth-order valence-electron chi connectivity index (χ4n) is 3.47. The van der Waals surface area contributed by atoms with E-state index in [1.165, 1.54) is 4.88 Å². The predicted octanol–water partition coefficient (Wildman–Crippen LogP) is 3.24. The van der Waals surface area contributed by atoms with Crippen LogP contribution in [0, 0.1) is 0 Å². The van der Waals surface area contributed by atoms with Crippen molar-refractivity contribution in [3.63, 3.8) is 0 Å². The Bertz CT molecular complexity index is 680. The van der Waals surface area contributed by atoms with Gasteiger partial charge in [0.25, 0.3) is 5.91 Å². The Morgan fingerprint density at radius 2 is 2.04 bits per heavy atom. The van der Waals surface area contributed by atoms with Gasteiger partial charge in [0.1, 0.15) is 0 Å². The maximum Gasteiger partial charge on any atom is 0.253 e. The summed E-state index contributed by atoms with van der Waals surface area (Å²) in [6.45, 7) is 5.82. The Balaban J connectivity index is 1.58. The molecule has 2 aromatic rings. The van der Waals surface area contributed by atoms with Crippen LogP contribution in [0.1, 0.15) is 41.4 Å². The van der Waals surface area contributed by atoms with E-state index in [0.717, 1.165) is 51.0 Å². The molecule has 1 amide bonds. The zero-order chi connectivity index (χ0) is 17.6. The van der Waals surface area contributed by atoms with Gasteiger partial charge in [0, 0.05) is 42.3 Å². The van der Waals surface area contributed by atoms with E-state index < -0.39 is 0 Å². The van der Waals surface area contributed by atoms with Gasteiger partial charge in [-0.05, 0) is 37.9 Å². The molecule has 1 saturated heterocycles. The average Bonchev–Trinajstić information content (AvgIpc) is 3.06. The smallest absolute Gasteiger partial charge is 0.253 e. The van der Waals surface area contributed by atoms with Gasteiger partial charge < -0.3 is 10.6 Å². The number of nitrogens with two attached hydrogens (primary N) is 1. The number of rotatable bonds is 6. The van der Waals surface area contributed by atoms with Crippen molar-refractivity contribution >= 4 is 22.4 Å². The van der Waals surface area contributed by atoms with Crippen LogP contribution in [-0.2, 0) is 6.54 Å². The monoisotopic (exact) mass is 358 g/mol. The SMILES string of the molecule is CCCN(Cc1cnc(N)s1)C1CCN(C(=O)c2ccccc2)CC1. The van der Waals surface area contributed by atoms with Crippen LogP contribution in [0.2, 0.25) is 0 Å². The van der Waals surface area contributed by atoms with Crippen molar-refractivity contribution < 1.29 is 4.79 Å². The Hall–Kier alpha value is -1.92. The minimum Gasteiger partial charge on any atom is -0.375 e. The van der Waals surface area contributed by atoms with Gasteiger partial charge in [-0.2, -0.15) is 0 Å². The van der Waals surface area contributed by atoms with Crippen LogP contribution in [0.3, 0.4) is 0 Å². The second kappa shape index (κ2) is 8.45. The lowest BCUT2D eigenvalue weighted by Gasteiger charge is -2.38. The van der Waals surface area contributed by atoms with Crippen LogP contribution in [0.15, 0.2) is 36.5 Å². The number of nitrogen functional groups attached to an aromatic ring is 1. The van der Waals surface area contributed by atoms with Crippen LogP contribution in [-0.4, -0.2) is 46.4 Å². The van der Waals surface area contributed by atoms with Crippen LogP contribution in [0.5, 0.6) is 0 Å². The number of anilines is 1. The molecule has 1 aliphatic rings. The van der Waals surface area contributed by atoms with Gasteiger partial charge in [0.2, 0.25) is 0 Å². The van der Waals surface area contributed by atoms with Crippen molar-refractivity contribution in [1.29, 1.82) is 0 Å². The zero-order valence-electron chi connectivity index (χ0n) is 14.7. The van der Waals surface area contributed by atoms with Crippen molar-refractivity contribution in [1.82, 2.24) is 14.8 Å². The lowest BCUT2D eigenvalue weighted by atomic mass is 10.0. The number of hydrogen-bond donors (Lipinski definition) is 1. The molecule has 2 heterocycles. The lowest BCUT2D eigenvalue weighted by molar-refractivity contribution is 0.0608. The summed E-state index contributed by atoms with van der Waals surface area (Å²) in [4.78, 5) is 22.5. The van der Waals surface area contributed by atoms with E-state index in [9.17, 15) is 4.79 Å². The number of hydrogen-bond acceptors (Lipinski definition) is 5. The number of piperidine rings is 1. The number of aromatic nitrogens is 1. The van der Waals surface area contributed by atoms with Crippen LogP contribution in [0.4, 0.5) is 5.13 Å². The van der Waals surface area contributed by atoms with E-state index >= 15 is 0 Å². The van der Waals surface area contributed by atoms with Crippen molar-refractivity contribution in [3.05, 3.63) is 47.0 Å². The second-order valence-electron chi connectivity index (χ2n) is 6.52. The van der Waals surface area contributed by atoms with Gasteiger partial charge >= 0.3 is 0 Å². The van der Waals surface area contributed by atoms with E-state index in [4.69, 9.17) is 5.73 Å². The predicted molar refractivity (Wildman–Crippen MR) is 103 cm³/mol. The maximum absolute atomic E-state index is 12.6. The molecule has 1 fully saturated rings. The summed E-state index contributed by atoms with van der Waals surface area (Å²) in [5.74, 6) is 0.149. The lowest BCUT2D eigenvalue weighted by Crippen LogP contribution is -2.46. The van der Waals surface area contributed by atoms with Gasteiger partial charge in [0.15, 0.2) is 5.13 Å². The number of likely N-dealkylation sites (tertiary alicyclic amines) is 1. The van der Waals surface area contributed by atoms with Crippen molar-refractivity contribution in [2.45, 2.75) is 38.8 Å². The van der Waals surface area contributed by atoms with Gasteiger partial charge in [-0.1, -0.05) is 25.1 Å². The number of nitrogens with zero attached hydrogens (tertiary/aromatic N) is 3. The summed E-state index contributed by atoms with van der Waals surface area (Å²) in [6.07, 6.45) is 5.05. The zero-order valence-corrected chi connectivity index (χ0v) is 15.5. The standard InChI is InChI=1S/C19H26N4OS/c1-2-10-23(14-17-13-21-19(20)25-17)16-8-11-22(12-9-16)18(24)15-6-4-3-5-7-15/h3-7,13,16H,2,8-12,14H2,1H3,(H2,20,21). The van der Waals surface area contributed by atoms with E-state index in [2.05, 4.69) is 16.8 Å². The molecule has 1 aromatic heterocycles. The highest BCUT2D eigenvalue weighted by Gasteiger charge is 2.27. The molecule has 1 aromatic carbocycles. The normalized spacial score (nSPS) is 15.7. The van der Waals surface area contributed by atoms with Crippen molar-refractivity contribution in [2.75, 3.05) is 25.4 Å². The summed E-state index contributed by atoms with van der Waals surface area (Å²) in [6, 6.07) is 10.1. The summed E-state index contributed by atoms with van der Waals surface area (Å²) < 4.78 is 0. The Labute approximate surface area is 153 Å². The molecule has 5 nitrogen and oxygen atoms in total. The molecule has 134 valence electrons. The third-order valence-corrected chi connectivity index (χ3v) is 5.54. The summed E-state index contributed by atoms with van der Waals surface area (Å²) in [5, 5.41) is 0.634. The highest BCUT2D eigenvalue weighted by Crippen LogP contribution is 2.23. The van der Waals surface area contributed by atoms with E-state index in [-0.39, 0.29) is 5.91 Å². The van der Waals surface area contributed by atoms with E-state index in [0.29, 0.717) is 11.2 Å². The molecule has 1 aliphatic heterocycles. The molecule has 0 bridgehead atoms. The molecule has 2 N–H and O–H groups in total. The summed E-state index contributed by atoms with van der Waals surface area (Å²) in [7, 11) is 0. The minimum absolute atomic E-state index is 0.149. The van der Waals surface area contributed by atoms with Crippen LogP contribution >= 0.6 is 11.3 Å². The third-order valence-electron chi connectivity index (χ3n) is 4.73. The molecule has 0 atom stereocenters. The van der Waals surface area contributed by atoms with Gasteiger partial charge in [0.05, 0.1) is 0 Å². The first-order valence-corrected chi connectivity index (χ1v) is 9.77. The molecule has 0 spiro atoms. The molecule has 0 radical (unpaired) electrons. The molecule has 0 unspecified atom stereocenters. The van der Waals surface area contributed by atoms with Crippen LogP contribution < -0.4 is 5.73 Å². The molecule has 25 heavy (non-hydrogen) atoms. The summed E-state index contributed by atoms with van der Waals surface area (Å²) >= 11 is 1.57. The fraction of sp³-hybridized carbons (Fsp3) is 0.474. The number of amides is 1. The Morgan fingerprint density at radius 1 is 1.32 bits per heavy atom. The first-order valence-electron chi connectivity index (χ1n) is 8.96. The minimum atomic E-state index is 0.149. The Kier molecular flexibility index (Phi) is 6.04. The average molecular weight is 359 g/mol. The van der Waals surface area contributed by atoms with Crippen molar-refractivity contribution in [3.8, 4) is 0 Å². The number of thiazole rings is 1. The highest BCUT2D eigenvalue weighted by molar-refractivity contribution is 7.15. The number of benzene rings is 1. The third kappa shape index (κ3) is 4.58. The first-order chi connectivity index (χ1) is 12.2. The summed E-state index contributed by atoms with van der Waals surface area (Å²) in [5.41, 5.74) is 6.54. The molecule has 6 heteroatoms. The van der Waals surface area contributed by atoms with Crippen LogP contribution in [0.25, 0.3) is 0 Å². The first kappa shape index (κ1) is 17.9. The Morgan fingerprint density at radius 3 is 2.64 bits per heavy atom. The maximum atomic E-state index is 12.6. The molecule has 0 saturated carbocycles. The molecular weight excluding hydrogens is 332 g/mol. The highest BCUT2D eigenvalue weighted by atomic mass is 32.1. The molecule has 0 aliphatic carbocycles. The van der Waals surface area contributed by atoms with E-state index in [1.54, 1.807) is 11.3 Å². The fourth-order valence-corrected chi connectivity index (χ4v) is 4.18. The topological polar surface area (TPSA) is 62.5 Å². The van der Waals surface area contributed by atoms with Crippen molar-refractivity contribution in [2.24, 2.45) is 0 Å². The molecule has 3 rings (SSSR count). The largest absolute Gasteiger partial charge is 0.375 e. The quantitative estimate of drug-likeness (QED) is 0.861. The van der Waals surface area contributed by atoms with Gasteiger partial charge in [-0.15, -0.1) is 11.3 Å².